The highest BCUT2D eigenvalue weighted by Gasteiger charge is 2.19. The second-order valence-corrected chi connectivity index (χ2v) is 7.55. The number of nitrogens with zero attached hydrogens (tertiary/aromatic N) is 3. The summed E-state index contributed by atoms with van der Waals surface area (Å²) < 4.78 is 0. The molecule has 0 radical (unpaired) electrons. The molecule has 1 saturated heterocycles. The molecule has 0 aliphatic carbocycles. The number of rotatable bonds is 5. The third kappa shape index (κ3) is 5.00. The van der Waals surface area contributed by atoms with Crippen molar-refractivity contribution in [1.29, 1.82) is 0 Å². The van der Waals surface area contributed by atoms with Gasteiger partial charge in [-0.25, -0.2) is 4.98 Å². The van der Waals surface area contributed by atoms with Crippen LogP contribution in [0.4, 0.5) is 11.5 Å². The van der Waals surface area contributed by atoms with Gasteiger partial charge in [-0.05, 0) is 43.7 Å². The van der Waals surface area contributed by atoms with Crippen LogP contribution in [0.25, 0.3) is 0 Å². The Hall–Kier alpha value is -1.49. The fraction of sp³-hybridized carbons (Fsp3) is 0.421. The highest BCUT2D eigenvalue weighted by Crippen LogP contribution is 2.29. The standard InChI is InChI=1S/C19H24Cl2N4/c1-14(2)23-19-6-3-15(12-22-19)13-24-7-9-25(10-8-24)18-5-4-16(20)11-17(18)21/h3-6,11-12,14H,7-10,13H2,1-2H3,(H,22,23). The molecule has 0 bridgehead atoms. The van der Waals surface area contributed by atoms with Gasteiger partial charge in [0.25, 0.3) is 0 Å². The van der Waals surface area contributed by atoms with Crippen molar-refractivity contribution in [3.63, 3.8) is 0 Å². The Morgan fingerprint density at radius 3 is 2.44 bits per heavy atom. The van der Waals surface area contributed by atoms with Crippen LogP contribution in [-0.4, -0.2) is 42.1 Å². The van der Waals surface area contributed by atoms with Crippen molar-refractivity contribution in [2.75, 3.05) is 36.4 Å². The fourth-order valence-corrected chi connectivity index (χ4v) is 3.57. The lowest BCUT2D eigenvalue weighted by Crippen LogP contribution is -2.46. The zero-order valence-corrected chi connectivity index (χ0v) is 16.2. The second-order valence-electron chi connectivity index (χ2n) is 6.71. The van der Waals surface area contributed by atoms with Crippen molar-refractivity contribution in [3.05, 3.63) is 52.1 Å². The van der Waals surface area contributed by atoms with Gasteiger partial charge in [-0.3, -0.25) is 4.90 Å². The molecular formula is C19H24Cl2N4. The molecule has 1 N–H and O–H groups in total. The number of hydrogen-bond acceptors (Lipinski definition) is 4. The van der Waals surface area contributed by atoms with Crippen LogP contribution < -0.4 is 10.2 Å². The Bertz CT molecular complexity index is 695. The van der Waals surface area contributed by atoms with Crippen molar-refractivity contribution in [1.82, 2.24) is 9.88 Å². The van der Waals surface area contributed by atoms with Gasteiger partial charge in [-0.1, -0.05) is 29.3 Å². The maximum Gasteiger partial charge on any atom is 0.126 e. The zero-order valence-electron chi connectivity index (χ0n) is 14.7. The molecule has 0 atom stereocenters. The van der Waals surface area contributed by atoms with Crippen LogP contribution in [0.3, 0.4) is 0 Å². The summed E-state index contributed by atoms with van der Waals surface area (Å²) in [6, 6.07) is 10.3. The number of nitrogens with one attached hydrogen (secondary N) is 1. The van der Waals surface area contributed by atoms with Gasteiger partial charge in [-0.2, -0.15) is 0 Å². The normalized spacial score (nSPS) is 15.6. The van der Waals surface area contributed by atoms with Crippen LogP contribution >= 0.6 is 23.2 Å². The van der Waals surface area contributed by atoms with E-state index in [1.165, 1.54) is 5.56 Å². The Morgan fingerprint density at radius 2 is 1.84 bits per heavy atom. The highest BCUT2D eigenvalue weighted by molar-refractivity contribution is 6.36. The lowest BCUT2D eigenvalue weighted by Gasteiger charge is -2.36. The van der Waals surface area contributed by atoms with Crippen LogP contribution in [-0.2, 0) is 6.54 Å². The van der Waals surface area contributed by atoms with E-state index in [1.807, 2.05) is 24.4 Å². The van der Waals surface area contributed by atoms with Gasteiger partial charge in [0.2, 0.25) is 0 Å². The topological polar surface area (TPSA) is 31.4 Å². The minimum absolute atomic E-state index is 0.395. The summed E-state index contributed by atoms with van der Waals surface area (Å²) in [5.41, 5.74) is 2.31. The van der Waals surface area contributed by atoms with Gasteiger partial charge >= 0.3 is 0 Å². The van der Waals surface area contributed by atoms with Crippen LogP contribution in [0.1, 0.15) is 19.4 Å². The Kier molecular flexibility index (Phi) is 6.05. The molecule has 25 heavy (non-hydrogen) atoms. The summed E-state index contributed by atoms with van der Waals surface area (Å²) in [5, 5.41) is 4.71. The summed E-state index contributed by atoms with van der Waals surface area (Å²) in [7, 11) is 0. The second kappa shape index (κ2) is 8.26. The van der Waals surface area contributed by atoms with Crippen molar-refractivity contribution in [3.8, 4) is 0 Å². The molecule has 3 rings (SSSR count). The molecular weight excluding hydrogens is 355 g/mol. The number of pyridine rings is 1. The number of aromatic nitrogens is 1. The SMILES string of the molecule is CC(C)Nc1ccc(CN2CCN(c3ccc(Cl)cc3Cl)CC2)cn1. The Morgan fingerprint density at radius 1 is 1.08 bits per heavy atom. The van der Waals surface area contributed by atoms with E-state index in [-0.39, 0.29) is 0 Å². The first-order valence-electron chi connectivity index (χ1n) is 8.65. The molecule has 1 aliphatic rings. The number of benzene rings is 1. The van der Waals surface area contributed by atoms with Crippen LogP contribution in [0.2, 0.25) is 10.0 Å². The summed E-state index contributed by atoms with van der Waals surface area (Å²) in [6.45, 7) is 9.08. The highest BCUT2D eigenvalue weighted by atomic mass is 35.5. The smallest absolute Gasteiger partial charge is 0.126 e. The molecule has 0 saturated carbocycles. The number of piperazine rings is 1. The molecule has 0 spiro atoms. The molecule has 134 valence electrons. The van der Waals surface area contributed by atoms with Crippen LogP contribution in [0, 0.1) is 0 Å². The van der Waals surface area contributed by atoms with Gasteiger partial charge < -0.3 is 10.2 Å². The molecule has 4 nitrogen and oxygen atoms in total. The monoisotopic (exact) mass is 378 g/mol. The van der Waals surface area contributed by atoms with Crippen molar-refractivity contribution < 1.29 is 0 Å². The molecule has 1 aliphatic heterocycles. The molecule has 0 unspecified atom stereocenters. The van der Waals surface area contributed by atoms with E-state index >= 15 is 0 Å². The Labute approximate surface area is 159 Å². The number of hydrogen-bond donors (Lipinski definition) is 1. The molecule has 2 aromatic rings. The maximum absolute atomic E-state index is 6.33. The predicted molar refractivity (Wildman–Crippen MR) is 107 cm³/mol. The van der Waals surface area contributed by atoms with E-state index in [0.29, 0.717) is 11.1 Å². The lowest BCUT2D eigenvalue weighted by molar-refractivity contribution is 0.249. The average Bonchev–Trinajstić information content (AvgIpc) is 2.57. The third-order valence-corrected chi connectivity index (χ3v) is 4.83. The molecule has 1 aromatic heterocycles. The van der Waals surface area contributed by atoms with E-state index in [0.717, 1.165) is 49.3 Å². The molecule has 2 heterocycles. The maximum atomic E-state index is 6.33. The summed E-state index contributed by atoms with van der Waals surface area (Å²) in [4.78, 5) is 9.26. The molecule has 6 heteroatoms. The molecule has 0 amide bonds. The van der Waals surface area contributed by atoms with E-state index in [1.54, 1.807) is 0 Å². The lowest BCUT2D eigenvalue weighted by atomic mass is 10.2. The third-order valence-electron chi connectivity index (χ3n) is 4.29. The van der Waals surface area contributed by atoms with E-state index in [9.17, 15) is 0 Å². The molecule has 1 fully saturated rings. The minimum Gasteiger partial charge on any atom is -0.368 e. The van der Waals surface area contributed by atoms with Crippen LogP contribution in [0.15, 0.2) is 36.5 Å². The quantitative estimate of drug-likeness (QED) is 0.827. The summed E-state index contributed by atoms with van der Waals surface area (Å²) >= 11 is 12.3. The minimum atomic E-state index is 0.395. The summed E-state index contributed by atoms with van der Waals surface area (Å²) in [6.07, 6.45) is 1.97. The van der Waals surface area contributed by atoms with Gasteiger partial charge in [-0.15, -0.1) is 0 Å². The van der Waals surface area contributed by atoms with E-state index in [4.69, 9.17) is 23.2 Å². The number of halogens is 2. The van der Waals surface area contributed by atoms with E-state index in [2.05, 4.69) is 46.1 Å². The van der Waals surface area contributed by atoms with Crippen molar-refractivity contribution in [2.24, 2.45) is 0 Å². The van der Waals surface area contributed by atoms with Gasteiger partial charge in [0, 0.05) is 50.0 Å². The van der Waals surface area contributed by atoms with Gasteiger partial charge in [0.05, 0.1) is 10.7 Å². The predicted octanol–water partition coefficient (Wildman–Crippen LogP) is 4.53. The first-order chi connectivity index (χ1) is 12.0. The largest absolute Gasteiger partial charge is 0.368 e. The van der Waals surface area contributed by atoms with E-state index < -0.39 is 0 Å². The fourth-order valence-electron chi connectivity index (χ4n) is 3.04. The van der Waals surface area contributed by atoms with Gasteiger partial charge in [0.15, 0.2) is 0 Å². The molecule has 1 aromatic carbocycles. The van der Waals surface area contributed by atoms with Crippen molar-refractivity contribution >= 4 is 34.7 Å². The number of anilines is 2. The zero-order chi connectivity index (χ0) is 17.8. The average molecular weight is 379 g/mol. The Balaban J connectivity index is 1.54. The summed E-state index contributed by atoms with van der Waals surface area (Å²) in [5.74, 6) is 0.931. The first-order valence-corrected chi connectivity index (χ1v) is 9.40. The first kappa shape index (κ1) is 18.3. The van der Waals surface area contributed by atoms with Crippen LogP contribution in [0.5, 0.6) is 0 Å². The van der Waals surface area contributed by atoms with Gasteiger partial charge in [0.1, 0.15) is 5.82 Å². The van der Waals surface area contributed by atoms with Crippen molar-refractivity contribution in [2.45, 2.75) is 26.4 Å².